The molecule has 1 atom stereocenters. The SMILES string of the molecule is CC(C)C1CCc2ccc(N)cc2N1. The van der Waals surface area contributed by atoms with Crippen LogP contribution in [0.3, 0.4) is 0 Å². The Morgan fingerprint density at radius 1 is 1.43 bits per heavy atom. The third-order valence-corrected chi connectivity index (χ3v) is 3.00. The second kappa shape index (κ2) is 3.52. The van der Waals surface area contributed by atoms with Gasteiger partial charge >= 0.3 is 0 Å². The van der Waals surface area contributed by atoms with Crippen molar-refractivity contribution < 1.29 is 0 Å². The number of hydrogen-bond acceptors (Lipinski definition) is 2. The lowest BCUT2D eigenvalue weighted by molar-refractivity contribution is 0.483. The molecule has 0 bridgehead atoms. The Morgan fingerprint density at radius 3 is 2.93 bits per heavy atom. The number of hydrogen-bond donors (Lipinski definition) is 2. The molecule has 1 aliphatic heterocycles. The Bertz CT molecular complexity index is 331. The van der Waals surface area contributed by atoms with E-state index in [0.717, 1.165) is 5.69 Å². The summed E-state index contributed by atoms with van der Waals surface area (Å²) in [6, 6.07) is 6.76. The quantitative estimate of drug-likeness (QED) is 0.668. The van der Waals surface area contributed by atoms with Gasteiger partial charge in [0.25, 0.3) is 0 Å². The van der Waals surface area contributed by atoms with Crippen molar-refractivity contribution in [2.75, 3.05) is 11.1 Å². The van der Waals surface area contributed by atoms with Gasteiger partial charge in [-0.05, 0) is 36.5 Å². The molecule has 76 valence electrons. The number of fused-ring (bicyclic) bond motifs is 1. The normalized spacial score (nSPS) is 20.4. The molecule has 1 aromatic carbocycles. The third-order valence-electron chi connectivity index (χ3n) is 3.00. The number of nitrogen functional groups attached to an aromatic ring is 1. The molecule has 1 aromatic rings. The highest BCUT2D eigenvalue weighted by atomic mass is 14.9. The first-order valence-corrected chi connectivity index (χ1v) is 5.32. The molecule has 1 heterocycles. The van der Waals surface area contributed by atoms with Crippen molar-refractivity contribution in [3.63, 3.8) is 0 Å². The molecule has 3 N–H and O–H groups in total. The standard InChI is InChI=1S/C12H18N2/c1-8(2)11-6-4-9-3-5-10(13)7-12(9)14-11/h3,5,7-8,11,14H,4,6,13H2,1-2H3. The number of rotatable bonds is 1. The Balaban J connectivity index is 2.24. The van der Waals surface area contributed by atoms with E-state index < -0.39 is 0 Å². The minimum Gasteiger partial charge on any atom is -0.399 e. The molecule has 14 heavy (non-hydrogen) atoms. The molecule has 1 aliphatic rings. The maximum absolute atomic E-state index is 5.76. The highest BCUT2D eigenvalue weighted by Gasteiger charge is 2.19. The molecule has 0 saturated carbocycles. The van der Waals surface area contributed by atoms with Crippen LogP contribution in [0.15, 0.2) is 18.2 Å². The van der Waals surface area contributed by atoms with Crippen molar-refractivity contribution in [2.24, 2.45) is 5.92 Å². The first kappa shape index (κ1) is 9.38. The summed E-state index contributed by atoms with van der Waals surface area (Å²) in [7, 11) is 0. The zero-order valence-corrected chi connectivity index (χ0v) is 8.88. The monoisotopic (exact) mass is 190 g/mol. The number of aryl methyl sites for hydroxylation is 1. The topological polar surface area (TPSA) is 38.0 Å². The van der Waals surface area contributed by atoms with Gasteiger partial charge in [0, 0.05) is 17.4 Å². The fraction of sp³-hybridized carbons (Fsp3) is 0.500. The van der Waals surface area contributed by atoms with Crippen molar-refractivity contribution in [3.05, 3.63) is 23.8 Å². The molecule has 2 rings (SSSR count). The van der Waals surface area contributed by atoms with Crippen molar-refractivity contribution in [1.29, 1.82) is 0 Å². The van der Waals surface area contributed by atoms with Crippen LogP contribution in [0.25, 0.3) is 0 Å². The van der Waals surface area contributed by atoms with Crippen molar-refractivity contribution in [2.45, 2.75) is 32.7 Å². The predicted molar refractivity (Wildman–Crippen MR) is 61.4 cm³/mol. The average molecular weight is 190 g/mol. The molecule has 0 radical (unpaired) electrons. The maximum atomic E-state index is 5.76. The number of nitrogens with one attached hydrogen (secondary N) is 1. The van der Waals surface area contributed by atoms with Crippen molar-refractivity contribution in [1.82, 2.24) is 0 Å². The van der Waals surface area contributed by atoms with Gasteiger partial charge in [-0.25, -0.2) is 0 Å². The van der Waals surface area contributed by atoms with Gasteiger partial charge in [-0.2, -0.15) is 0 Å². The first-order chi connectivity index (χ1) is 6.66. The van der Waals surface area contributed by atoms with E-state index in [0.29, 0.717) is 12.0 Å². The third kappa shape index (κ3) is 1.69. The van der Waals surface area contributed by atoms with Crippen LogP contribution in [0.5, 0.6) is 0 Å². The molecule has 1 unspecified atom stereocenters. The average Bonchev–Trinajstić information content (AvgIpc) is 2.16. The molecule has 2 heteroatoms. The Hall–Kier alpha value is -1.18. The van der Waals surface area contributed by atoms with Crippen LogP contribution < -0.4 is 11.1 Å². The largest absolute Gasteiger partial charge is 0.399 e. The lowest BCUT2D eigenvalue weighted by atomic mass is 9.91. The van der Waals surface area contributed by atoms with Crippen LogP contribution in [0, 0.1) is 5.92 Å². The van der Waals surface area contributed by atoms with Crippen LogP contribution in [0.4, 0.5) is 11.4 Å². The van der Waals surface area contributed by atoms with E-state index in [1.165, 1.54) is 24.1 Å². The fourth-order valence-electron chi connectivity index (χ4n) is 2.03. The maximum Gasteiger partial charge on any atom is 0.0395 e. The van der Waals surface area contributed by atoms with Crippen LogP contribution >= 0.6 is 0 Å². The van der Waals surface area contributed by atoms with Crippen LogP contribution in [-0.4, -0.2) is 6.04 Å². The van der Waals surface area contributed by atoms with Crippen molar-refractivity contribution in [3.8, 4) is 0 Å². The molecule has 0 saturated heterocycles. The first-order valence-electron chi connectivity index (χ1n) is 5.32. The zero-order chi connectivity index (χ0) is 10.1. The second-order valence-corrected chi connectivity index (χ2v) is 4.45. The van der Waals surface area contributed by atoms with Gasteiger partial charge in [-0.1, -0.05) is 19.9 Å². The summed E-state index contributed by atoms with van der Waals surface area (Å²) in [6.07, 6.45) is 2.40. The van der Waals surface area contributed by atoms with E-state index in [2.05, 4.69) is 25.2 Å². The molecular formula is C12H18N2. The Morgan fingerprint density at radius 2 is 2.21 bits per heavy atom. The van der Waals surface area contributed by atoms with E-state index in [1.807, 2.05) is 12.1 Å². The lowest BCUT2D eigenvalue weighted by Crippen LogP contribution is -2.30. The van der Waals surface area contributed by atoms with Gasteiger partial charge in [0.2, 0.25) is 0 Å². The summed E-state index contributed by atoms with van der Waals surface area (Å²) in [5, 5.41) is 3.56. The fourth-order valence-corrected chi connectivity index (χ4v) is 2.03. The summed E-state index contributed by atoms with van der Waals surface area (Å²) in [4.78, 5) is 0. The summed E-state index contributed by atoms with van der Waals surface area (Å²) in [5.41, 5.74) is 9.24. The number of anilines is 2. The minimum absolute atomic E-state index is 0.601. The van der Waals surface area contributed by atoms with E-state index >= 15 is 0 Å². The van der Waals surface area contributed by atoms with Crippen LogP contribution in [0.2, 0.25) is 0 Å². The summed E-state index contributed by atoms with van der Waals surface area (Å²) in [5.74, 6) is 0.685. The van der Waals surface area contributed by atoms with Gasteiger partial charge in [0.15, 0.2) is 0 Å². The summed E-state index contributed by atoms with van der Waals surface area (Å²) in [6.45, 7) is 4.52. The highest BCUT2D eigenvalue weighted by Crippen LogP contribution is 2.29. The number of nitrogens with two attached hydrogens (primary N) is 1. The van der Waals surface area contributed by atoms with Gasteiger partial charge in [-0.15, -0.1) is 0 Å². The van der Waals surface area contributed by atoms with E-state index in [4.69, 9.17) is 5.73 Å². The molecule has 0 aliphatic carbocycles. The molecule has 0 fully saturated rings. The van der Waals surface area contributed by atoms with Crippen LogP contribution in [0.1, 0.15) is 25.8 Å². The predicted octanol–water partition coefficient (Wildman–Crippen LogP) is 2.65. The van der Waals surface area contributed by atoms with E-state index in [9.17, 15) is 0 Å². The van der Waals surface area contributed by atoms with E-state index in [1.54, 1.807) is 0 Å². The van der Waals surface area contributed by atoms with Gasteiger partial charge in [-0.3, -0.25) is 0 Å². The molecule has 0 aromatic heterocycles. The Labute approximate surface area is 85.5 Å². The van der Waals surface area contributed by atoms with Gasteiger partial charge < -0.3 is 11.1 Å². The lowest BCUT2D eigenvalue weighted by Gasteiger charge is -2.30. The van der Waals surface area contributed by atoms with Gasteiger partial charge in [0.1, 0.15) is 0 Å². The highest BCUT2D eigenvalue weighted by molar-refractivity contribution is 5.61. The van der Waals surface area contributed by atoms with Crippen LogP contribution in [-0.2, 0) is 6.42 Å². The molecule has 2 nitrogen and oxygen atoms in total. The zero-order valence-electron chi connectivity index (χ0n) is 8.88. The van der Waals surface area contributed by atoms with Crippen molar-refractivity contribution >= 4 is 11.4 Å². The Kier molecular flexibility index (Phi) is 2.36. The number of benzene rings is 1. The molecule has 0 spiro atoms. The molecule has 0 amide bonds. The summed E-state index contributed by atoms with van der Waals surface area (Å²) >= 11 is 0. The van der Waals surface area contributed by atoms with E-state index in [-0.39, 0.29) is 0 Å². The molecular weight excluding hydrogens is 172 g/mol. The smallest absolute Gasteiger partial charge is 0.0395 e. The minimum atomic E-state index is 0.601. The second-order valence-electron chi connectivity index (χ2n) is 4.45. The summed E-state index contributed by atoms with van der Waals surface area (Å²) < 4.78 is 0. The van der Waals surface area contributed by atoms with Gasteiger partial charge in [0.05, 0.1) is 0 Å².